The molecule has 0 aliphatic rings. The zero-order valence-electron chi connectivity index (χ0n) is 90.0. The van der Waals surface area contributed by atoms with Crippen LogP contribution in [0.2, 0.25) is 25.1 Å². The molecule has 5 aromatic heterocycles. The first kappa shape index (κ1) is 113. The highest BCUT2D eigenvalue weighted by Crippen LogP contribution is 2.43. The van der Waals surface area contributed by atoms with Crippen LogP contribution in [-0.4, -0.2) is 132 Å². The van der Waals surface area contributed by atoms with Crippen molar-refractivity contribution in [2.45, 2.75) is 184 Å². The van der Waals surface area contributed by atoms with Crippen molar-refractivity contribution in [2.75, 3.05) is 111 Å². The maximum atomic E-state index is 6.23. The summed E-state index contributed by atoms with van der Waals surface area (Å²) in [6, 6.07) is 91.8. The normalized spacial score (nSPS) is 11.7. The van der Waals surface area contributed by atoms with E-state index in [1.807, 2.05) is 97.7 Å². The summed E-state index contributed by atoms with van der Waals surface area (Å²) in [7, 11) is 4.10. The fraction of sp³-hybridized carbons (Fsp3) is 0.315. The van der Waals surface area contributed by atoms with Crippen LogP contribution in [0.15, 0.2) is 298 Å². The van der Waals surface area contributed by atoms with E-state index < -0.39 is 0 Å². The molecule has 17 rings (SSSR count). The molecule has 0 amide bonds. The Morgan fingerprint density at radius 2 is 0.399 bits per heavy atom. The molecule has 12 aromatic carbocycles. The number of fused-ring (bicyclic) bond motifs is 5. The van der Waals surface area contributed by atoms with Crippen molar-refractivity contribution >= 4 is 147 Å². The molecule has 16 nitrogen and oxygen atoms in total. The molecule has 21 heteroatoms. The highest BCUT2D eigenvalue weighted by molar-refractivity contribution is 6.33. The minimum Gasteiger partial charge on any atom is -0.384 e. The van der Waals surface area contributed by atoms with Gasteiger partial charge in [0.2, 0.25) is 0 Å². The Morgan fingerprint density at radius 1 is 0.216 bits per heavy atom. The van der Waals surface area contributed by atoms with Crippen LogP contribution < -0.4 is 58.1 Å². The van der Waals surface area contributed by atoms with E-state index >= 15 is 0 Å². The highest BCUT2D eigenvalue weighted by atomic mass is 35.5. The number of hydrogen-bond donors (Lipinski definition) is 10. The van der Waals surface area contributed by atoms with Gasteiger partial charge in [-0.15, -0.1) is 0 Å². The van der Waals surface area contributed by atoms with Crippen LogP contribution in [-0.2, 0) is 0 Å². The second kappa shape index (κ2) is 52.8. The average Bonchev–Trinajstić information content (AvgIpc) is 0.796. The van der Waals surface area contributed by atoms with Crippen LogP contribution in [0, 0.1) is 20.8 Å². The molecule has 0 saturated carbocycles. The average molecular weight is 2080 g/mol. The van der Waals surface area contributed by atoms with Crippen LogP contribution in [0.3, 0.4) is 0 Å². The Hall–Kier alpha value is -12.3. The number of benzene rings is 12. The molecule has 0 aliphatic heterocycles. The lowest BCUT2D eigenvalue weighted by Gasteiger charge is -2.21. The van der Waals surface area contributed by atoms with E-state index in [9.17, 15) is 0 Å². The van der Waals surface area contributed by atoms with Crippen LogP contribution in [0.5, 0.6) is 0 Å². The Balaban J connectivity index is 0.000000155. The predicted octanol–water partition coefficient (Wildman–Crippen LogP) is 33.1. The summed E-state index contributed by atoms with van der Waals surface area (Å²) in [5, 5.41) is 45.0. The van der Waals surface area contributed by atoms with E-state index in [4.69, 9.17) is 68.0 Å². The van der Waals surface area contributed by atoms with E-state index in [2.05, 4.69) is 412 Å². The molecule has 0 radical (unpaired) electrons. The molecule has 10 N–H and O–H groups in total. The second-order valence-corrected chi connectivity index (χ2v) is 45.6. The van der Waals surface area contributed by atoms with Crippen LogP contribution in [0.25, 0.3) is 132 Å². The van der Waals surface area contributed by atoms with Gasteiger partial charge in [-0.25, -0.2) is 0 Å². The van der Waals surface area contributed by atoms with Gasteiger partial charge in [-0.05, 0) is 343 Å². The number of nitrogens with zero attached hydrogens (tertiary/aromatic N) is 6. The zero-order chi connectivity index (χ0) is 106. The van der Waals surface area contributed by atoms with Crippen LogP contribution in [0.4, 0.5) is 34.1 Å². The lowest BCUT2D eigenvalue weighted by molar-refractivity contribution is 0.424. The van der Waals surface area contributed by atoms with Gasteiger partial charge in [0.1, 0.15) is 0 Å². The number of halogens is 5. The molecular weight excluding hydrogens is 1930 g/mol. The first-order valence-corrected chi connectivity index (χ1v) is 53.6. The minimum atomic E-state index is 0.129. The van der Waals surface area contributed by atoms with Crippen molar-refractivity contribution in [1.29, 1.82) is 0 Å². The SMILES string of the molecule is CC(C)(C)NCCCNc1c(-c2ccc(-c3ccccc3)cc2)cnc2cc(Cl)ccc12.CN(C)c1ccc(-c2cnc3cc(Cl)ccc3c2NCCCNC(C)(C)C)cc1.Cc1ccc(-c2ccc(-c3cnc4cc(Cl)ccc4c3NCCCNC(C)(C)C)cc2)cc1.Cc1ccc(-c2cnc3cc(Cl)ccc3c2NCCCNC(C)(C)C)cc1.Cc1ccc(-c2cnc3cc(Cl)ccc3c2NCCCNC(C)(C)C)cc1. The predicted molar refractivity (Wildman–Crippen MR) is 645 cm³/mol. The fourth-order valence-corrected chi connectivity index (χ4v) is 18.0. The van der Waals surface area contributed by atoms with Gasteiger partial charge in [0.05, 0.1) is 56.0 Å². The third-order valence-electron chi connectivity index (χ3n) is 25.0. The van der Waals surface area contributed by atoms with E-state index in [0.29, 0.717) is 25.1 Å². The first-order chi connectivity index (χ1) is 70.6. The number of pyridine rings is 5. The van der Waals surface area contributed by atoms with Gasteiger partial charge in [0.15, 0.2) is 0 Å². The van der Waals surface area contributed by atoms with Crippen molar-refractivity contribution in [1.82, 2.24) is 51.5 Å². The van der Waals surface area contributed by atoms with Gasteiger partial charge in [-0.3, -0.25) is 24.9 Å². The maximum absolute atomic E-state index is 6.23. The summed E-state index contributed by atoms with van der Waals surface area (Å²) in [5.41, 5.74) is 31.9. The number of anilines is 6. The van der Waals surface area contributed by atoms with Crippen molar-refractivity contribution in [3.8, 4) is 77.9 Å². The number of nitrogens with one attached hydrogen (secondary N) is 10. The lowest BCUT2D eigenvalue weighted by Crippen LogP contribution is -2.36. The highest BCUT2D eigenvalue weighted by Gasteiger charge is 2.22. The van der Waals surface area contributed by atoms with E-state index in [0.717, 1.165) is 225 Å². The fourth-order valence-electron chi connectivity index (χ4n) is 17.2. The van der Waals surface area contributed by atoms with E-state index in [-0.39, 0.29) is 27.7 Å². The Bertz CT molecular complexity index is 7020. The summed E-state index contributed by atoms with van der Waals surface area (Å²) in [5.74, 6) is 0. The number of aromatic nitrogens is 5. The van der Waals surface area contributed by atoms with Crippen LogP contribution in [0.1, 0.15) is 153 Å². The Kier molecular flexibility index (Phi) is 40.2. The van der Waals surface area contributed by atoms with E-state index in [1.165, 1.54) is 55.8 Å². The molecule has 0 atom stereocenters. The monoisotopic (exact) mass is 2070 g/mol. The molecule has 0 spiro atoms. The summed E-state index contributed by atoms with van der Waals surface area (Å²) in [4.78, 5) is 25.5. The van der Waals surface area contributed by atoms with Gasteiger partial charge in [-0.1, -0.05) is 238 Å². The Morgan fingerprint density at radius 3 is 0.601 bits per heavy atom. The maximum Gasteiger partial charge on any atom is 0.0738 e. The summed E-state index contributed by atoms with van der Waals surface area (Å²) < 4.78 is 0. The number of hydrogen-bond acceptors (Lipinski definition) is 16. The molecular formula is C127H149Cl5N16. The zero-order valence-corrected chi connectivity index (χ0v) is 93.7. The molecule has 0 unspecified atom stereocenters. The molecule has 17 aromatic rings. The summed E-state index contributed by atoms with van der Waals surface area (Å²) in [6.45, 7) is 48.5. The molecule has 772 valence electrons. The molecule has 0 fully saturated rings. The lowest BCUT2D eigenvalue weighted by atomic mass is 9.98. The second-order valence-electron chi connectivity index (χ2n) is 43.4. The van der Waals surface area contributed by atoms with Crippen molar-refractivity contribution in [2.24, 2.45) is 0 Å². The third-order valence-corrected chi connectivity index (χ3v) is 26.2. The first-order valence-electron chi connectivity index (χ1n) is 51.7. The smallest absolute Gasteiger partial charge is 0.0738 e. The van der Waals surface area contributed by atoms with Gasteiger partial charge in [0, 0.05) is 191 Å². The number of aryl methyl sites for hydroxylation is 3. The van der Waals surface area contributed by atoms with Crippen molar-refractivity contribution in [3.63, 3.8) is 0 Å². The quantitative estimate of drug-likeness (QED) is 0.0175. The Labute approximate surface area is 904 Å². The van der Waals surface area contributed by atoms with Crippen molar-refractivity contribution in [3.05, 3.63) is 340 Å². The standard InChI is InChI=1S/C29H32ClN3.C28H30ClN3.C24H31ClN4.2C23H28ClN3/c1-20-6-8-21(9-7-20)22-10-12-23(13-11-22)26-19-32-27-18-24(30)14-15-25(27)28(26)31-16-5-17-33-29(2,3)4;1-28(2,3)32-17-7-16-30-27-24-15-14-23(29)18-26(24)31-19-25(27)22-12-10-21(11-13-22)20-8-5-4-6-9-20;1-24(2,3)28-14-6-13-26-23-20-12-9-18(25)15-22(20)27-16-21(23)17-7-10-19(11-8-17)29(4)5;2*1-16-6-8-17(9-7-16)20-15-26-21-14-18(24)10-11-19(21)22(20)25-12-5-13-27-23(2,3)4/h6-15,18-19,33H,5,16-17H2,1-4H3,(H,31,32);4-6,8-15,18-19,32H,7,16-17H2,1-3H3,(H,30,31);7-12,15-16,28H,6,13-14H2,1-5H3,(H,26,27);2*6-11,14-15,27H,5,12-13H2,1-4H3,(H,25,26). The molecule has 148 heavy (non-hydrogen) atoms. The molecule has 0 saturated heterocycles. The minimum absolute atomic E-state index is 0.129. The largest absolute Gasteiger partial charge is 0.384 e. The van der Waals surface area contributed by atoms with E-state index in [1.54, 1.807) is 0 Å². The van der Waals surface area contributed by atoms with Crippen molar-refractivity contribution < 1.29 is 0 Å². The van der Waals surface area contributed by atoms with Gasteiger partial charge in [0.25, 0.3) is 0 Å². The molecule has 5 heterocycles. The van der Waals surface area contributed by atoms with Gasteiger partial charge in [-0.2, -0.15) is 0 Å². The number of rotatable bonds is 33. The molecule has 0 bridgehead atoms. The summed E-state index contributed by atoms with van der Waals surface area (Å²) >= 11 is 31.0. The summed E-state index contributed by atoms with van der Waals surface area (Å²) in [6.07, 6.45) is 14.9. The van der Waals surface area contributed by atoms with Gasteiger partial charge < -0.3 is 58.1 Å². The van der Waals surface area contributed by atoms with Gasteiger partial charge >= 0.3 is 0 Å². The molecule has 0 aliphatic carbocycles. The topological polar surface area (TPSA) is 188 Å². The van der Waals surface area contributed by atoms with Crippen LogP contribution >= 0.6 is 58.0 Å². The third kappa shape index (κ3) is 34.1.